The van der Waals surface area contributed by atoms with E-state index in [4.69, 9.17) is 0 Å². The molecule has 1 fully saturated rings. The monoisotopic (exact) mass is 427 g/mol. The number of nitrogens with one attached hydrogen (secondary N) is 1. The number of hydrogen-bond donors (Lipinski definition) is 1. The second-order valence-electron chi connectivity index (χ2n) is 9.59. The van der Waals surface area contributed by atoms with Crippen molar-refractivity contribution in [2.45, 2.75) is 65.3 Å². The van der Waals surface area contributed by atoms with Crippen LogP contribution >= 0.6 is 0 Å². The van der Waals surface area contributed by atoms with Crippen LogP contribution in [0.15, 0.2) is 36.7 Å². The smallest absolute Gasteiger partial charge is 0.131 e. The highest BCUT2D eigenvalue weighted by Gasteiger charge is 2.30. The zero-order chi connectivity index (χ0) is 21.6. The van der Waals surface area contributed by atoms with Crippen LogP contribution in [-0.2, 0) is 17.5 Å². The predicted molar refractivity (Wildman–Crippen MR) is 122 cm³/mol. The summed E-state index contributed by atoms with van der Waals surface area (Å²) < 4.78 is 33.1. The van der Waals surface area contributed by atoms with Gasteiger partial charge in [0.25, 0.3) is 0 Å². The van der Waals surface area contributed by atoms with Gasteiger partial charge in [-0.2, -0.15) is 0 Å². The van der Waals surface area contributed by atoms with Crippen molar-refractivity contribution in [2.75, 3.05) is 0 Å². The summed E-state index contributed by atoms with van der Waals surface area (Å²) >= 11 is 0. The molecule has 0 saturated heterocycles. The first kappa shape index (κ1) is 21.2. The minimum Gasteiger partial charge on any atom is -0.347 e. The SMILES string of the molecule is Cc1ncccc1-c1cc2c(cc1F)c(C(C)NS(=O)C1CC1)cn2CC(C)(C)C. The number of aryl methyl sites for hydroxylation is 1. The van der Waals surface area contributed by atoms with Crippen molar-refractivity contribution >= 4 is 21.9 Å². The van der Waals surface area contributed by atoms with Gasteiger partial charge in [-0.05, 0) is 55.9 Å². The van der Waals surface area contributed by atoms with Crippen molar-refractivity contribution in [3.05, 3.63) is 53.7 Å². The maximum Gasteiger partial charge on any atom is 0.131 e. The molecule has 0 bridgehead atoms. The van der Waals surface area contributed by atoms with Gasteiger partial charge in [-0.3, -0.25) is 4.98 Å². The van der Waals surface area contributed by atoms with E-state index in [0.717, 1.165) is 47.1 Å². The van der Waals surface area contributed by atoms with Crippen molar-refractivity contribution in [2.24, 2.45) is 5.41 Å². The molecule has 0 amide bonds. The van der Waals surface area contributed by atoms with E-state index in [1.54, 1.807) is 12.3 Å². The fourth-order valence-electron chi connectivity index (χ4n) is 3.92. The average Bonchev–Trinajstić information content (AvgIpc) is 3.45. The minimum absolute atomic E-state index is 0.0650. The van der Waals surface area contributed by atoms with Gasteiger partial charge in [0, 0.05) is 58.0 Å². The van der Waals surface area contributed by atoms with Gasteiger partial charge < -0.3 is 4.57 Å². The molecule has 0 spiro atoms. The fourth-order valence-corrected chi connectivity index (χ4v) is 5.15. The molecule has 30 heavy (non-hydrogen) atoms. The van der Waals surface area contributed by atoms with Gasteiger partial charge in [0.15, 0.2) is 0 Å². The van der Waals surface area contributed by atoms with E-state index < -0.39 is 11.0 Å². The second-order valence-corrected chi connectivity index (χ2v) is 11.1. The highest BCUT2D eigenvalue weighted by Crippen LogP contribution is 2.36. The maximum atomic E-state index is 15.3. The lowest BCUT2D eigenvalue weighted by molar-refractivity contribution is 0.349. The van der Waals surface area contributed by atoms with E-state index in [0.29, 0.717) is 5.56 Å². The molecule has 1 aromatic carbocycles. The first-order valence-corrected chi connectivity index (χ1v) is 11.8. The predicted octanol–water partition coefficient (Wildman–Crippen LogP) is 5.67. The van der Waals surface area contributed by atoms with Crippen LogP contribution in [0.1, 0.15) is 57.8 Å². The number of benzene rings is 1. The van der Waals surface area contributed by atoms with Crippen LogP contribution in [0.5, 0.6) is 0 Å². The molecule has 6 heteroatoms. The standard InChI is InChI=1S/C24H30FN3OS/c1-15-18(7-6-10-26-15)19-12-23-20(11-22(19)25)21(13-28(23)14-24(3,4)5)16(2)27-30(29)17-8-9-17/h6-7,10-13,16-17,27H,8-9,14H2,1-5H3. The third-order valence-electron chi connectivity index (χ3n) is 5.53. The number of pyridine rings is 1. The first-order chi connectivity index (χ1) is 14.1. The van der Waals surface area contributed by atoms with E-state index in [1.807, 2.05) is 32.0 Å². The number of aromatic nitrogens is 2. The molecule has 0 aliphatic heterocycles. The van der Waals surface area contributed by atoms with E-state index in [1.165, 1.54) is 0 Å². The molecule has 160 valence electrons. The van der Waals surface area contributed by atoms with Gasteiger partial charge in [0.1, 0.15) is 5.82 Å². The number of rotatable bonds is 6. The van der Waals surface area contributed by atoms with Crippen LogP contribution in [0.4, 0.5) is 4.39 Å². The van der Waals surface area contributed by atoms with Gasteiger partial charge in [0.05, 0.1) is 11.0 Å². The Labute approximate surface area is 180 Å². The largest absolute Gasteiger partial charge is 0.347 e. The quantitative estimate of drug-likeness (QED) is 0.551. The lowest BCUT2D eigenvalue weighted by Crippen LogP contribution is -2.24. The summed E-state index contributed by atoms with van der Waals surface area (Å²) in [5.74, 6) is -0.260. The first-order valence-electron chi connectivity index (χ1n) is 10.5. The Kier molecular flexibility index (Phi) is 5.58. The maximum absolute atomic E-state index is 15.3. The van der Waals surface area contributed by atoms with E-state index in [9.17, 15) is 4.21 Å². The molecule has 2 heterocycles. The topological polar surface area (TPSA) is 46.9 Å². The summed E-state index contributed by atoms with van der Waals surface area (Å²) in [7, 11) is -1.05. The van der Waals surface area contributed by atoms with Crippen molar-refractivity contribution in [3.8, 4) is 11.1 Å². The molecule has 1 aliphatic rings. The fraction of sp³-hybridized carbons (Fsp3) is 0.458. The van der Waals surface area contributed by atoms with E-state index in [-0.39, 0.29) is 22.5 Å². The summed E-state index contributed by atoms with van der Waals surface area (Å²) in [6.07, 6.45) is 5.85. The van der Waals surface area contributed by atoms with Gasteiger partial charge in [0.2, 0.25) is 0 Å². The molecular formula is C24H30FN3OS. The van der Waals surface area contributed by atoms with Crippen molar-refractivity contribution in [3.63, 3.8) is 0 Å². The van der Waals surface area contributed by atoms with Crippen LogP contribution in [0.2, 0.25) is 0 Å². The molecule has 1 N–H and O–H groups in total. The molecule has 2 aromatic heterocycles. The van der Waals surface area contributed by atoms with E-state index >= 15 is 4.39 Å². The van der Waals surface area contributed by atoms with Gasteiger partial charge in [-0.15, -0.1) is 0 Å². The molecule has 3 aromatic rings. The highest BCUT2D eigenvalue weighted by molar-refractivity contribution is 7.84. The van der Waals surface area contributed by atoms with Crippen molar-refractivity contribution in [1.29, 1.82) is 0 Å². The van der Waals surface area contributed by atoms with Crippen molar-refractivity contribution < 1.29 is 8.60 Å². The normalized spacial score (nSPS) is 16.7. The van der Waals surface area contributed by atoms with Gasteiger partial charge in [-0.1, -0.05) is 26.8 Å². The molecule has 2 unspecified atom stereocenters. The molecule has 0 radical (unpaired) electrons. The number of hydrogen-bond acceptors (Lipinski definition) is 2. The Morgan fingerprint density at radius 1 is 1.30 bits per heavy atom. The third-order valence-corrected chi connectivity index (χ3v) is 7.19. The summed E-state index contributed by atoms with van der Waals surface area (Å²) in [4.78, 5) is 4.33. The molecule has 1 aliphatic carbocycles. The minimum atomic E-state index is -1.05. The Hall–Kier alpha value is -2.05. The molecule has 4 nitrogen and oxygen atoms in total. The van der Waals surface area contributed by atoms with Crippen molar-refractivity contribution in [1.82, 2.24) is 14.3 Å². The Bertz CT molecular complexity index is 1110. The number of fused-ring (bicyclic) bond motifs is 1. The van der Waals surface area contributed by atoms with Crippen LogP contribution in [0.3, 0.4) is 0 Å². The lowest BCUT2D eigenvalue weighted by atomic mass is 9.96. The van der Waals surface area contributed by atoms with Crippen LogP contribution in [0, 0.1) is 18.2 Å². The summed E-state index contributed by atoms with van der Waals surface area (Å²) in [6.45, 7) is 11.3. The highest BCUT2D eigenvalue weighted by atomic mass is 32.2. The Balaban J connectivity index is 1.84. The molecule has 2 atom stereocenters. The number of halogens is 1. The molecular weight excluding hydrogens is 397 g/mol. The van der Waals surface area contributed by atoms with Gasteiger partial charge >= 0.3 is 0 Å². The van der Waals surface area contributed by atoms with Crippen LogP contribution in [0.25, 0.3) is 22.0 Å². The molecule has 1 saturated carbocycles. The van der Waals surface area contributed by atoms with E-state index in [2.05, 4.69) is 41.2 Å². The van der Waals surface area contributed by atoms with Gasteiger partial charge in [-0.25, -0.2) is 13.3 Å². The zero-order valence-corrected chi connectivity index (χ0v) is 19.1. The summed E-state index contributed by atoms with van der Waals surface area (Å²) in [5.41, 5.74) is 4.22. The second kappa shape index (κ2) is 7.89. The third kappa shape index (κ3) is 4.35. The summed E-state index contributed by atoms with van der Waals surface area (Å²) in [5, 5.41) is 1.13. The number of nitrogens with zero attached hydrogens (tertiary/aromatic N) is 2. The average molecular weight is 428 g/mol. The summed E-state index contributed by atoms with van der Waals surface area (Å²) in [6, 6.07) is 7.19. The van der Waals surface area contributed by atoms with Crippen LogP contribution in [-0.4, -0.2) is 19.0 Å². The lowest BCUT2D eigenvalue weighted by Gasteiger charge is -2.20. The Morgan fingerprint density at radius 3 is 2.67 bits per heavy atom. The van der Waals surface area contributed by atoms with Crippen LogP contribution < -0.4 is 4.72 Å². The molecule has 4 rings (SSSR count). The Morgan fingerprint density at radius 2 is 2.03 bits per heavy atom. The zero-order valence-electron chi connectivity index (χ0n) is 18.3.